The molecule has 0 saturated heterocycles. The predicted molar refractivity (Wildman–Crippen MR) is 79.7 cm³/mol. The van der Waals surface area contributed by atoms with Crippen molar-refractivity contribution in [3.63, 3.8) is 0 Å². The number of fused-ring (bicyclic) bond motifs is 1. The number of nitrogens with zero attached hydrogens (tertiary/aromatic N) is 3. The van der Waals surface area contributed by atoms with Gasteiger partial charge in [0, 0.05) is 18.3 Å². The number of aromatic amines is 1. The Balaban J connectivity index is 1.63. The molecule has 0 aliphatic heterocycles. The number of benzene rings is 1. The van der Waals surface area contributed by atoms with Crippen LogP contribution < -0.4 is 10.6 Å². The van der Waals surface area contributed by atoms with Crippen molar-refractivity contribution in [1.29, 1.82) is 0 Å². The molecule has 2 heterocycles. The lowest BCUT2D eigenvalue weighted by Gasteiger charge is -2.16. The van der Waals surface area contributed by atoms with Crippen LogP contribution in [0.15, 0.2) is 42.9 Å². The smallest absolute Gasteiger partial charge is 0.160 e. The van der Waals surface area contributed by atoms with E-state index in [2.05, 4.69) is 49.9 Å². The largest absolute Gasteiger partial charge is 0.381 e. The summed E-state index contributed by atoms with van der Waals surface area (Å²) in [7, 11) is 0. The van der Waals surface area contributed by atoms with E-state index in [1.54, 1.807) is 6.20 Å². The van der Waals surface area contributed by atoms with E-state index < -0.39 is 0 Å². The first-order chi connectivity index (χ1) is 9.83. The van der Waals surface area contributed by atoms with E-state index in [0.29, 0.717) is 0 Å². The maximum Gasteiger partial charge on any atom is 0.160 e. The molecule has 2 aromatic heterocycles. The molecule has 1 aromatic carbocycles. The van der Waals surface area contributed by atoms with Gasteiger partial charge in [0.2, 0.25) is 0 Å². The molecule has 0 aliphatic rings. The van der Waals surface area contributed by atoms with Gasteiger partial charge in [-0.2, -0.15) is 5.10 Å². The molecule has 6 nitrogen and oxygen atoms in total. The van der Waals surface area contributed by atoms with Gasteiger partial charge in [0.25, 0.3) is 0 Å². The highest BCUT2D eigenvalue weighted by Crippen LogP contribution is 2.16. The number of hydrogen-bond donors (Lipinski definition) is 3. The van der Waals surface area contributed by atoms with Crippen molar-refractivity contribution in [3.05, 3.63) is 42.9 Å². The second kappa shape index (κ2) is 5.56. The third-order valence-corrected chi connectivity index (χ3v) is 3.01. The maximum atomic E-state index is 4.25. The van der Waals surface area contributed by atoms with Crippen LogP contribution in [-0.4, -0.2) is 32.8 Å². The van der Waals surface area contributed by atoms with Crippen LogP contribution >= 0.6 is 0 Å². The zero-order valence-electron chi connectivity index (χ0n) is 11.2. The SMILES string of the molecule is CC(CNc1ncnc2[nH]ncc12)Nc1ccccc1. The molecule has 0 amide bonds. The van der Waals surface area contributed by atoms with Crippen LogP contribution in [0.5, 0.6) is 0 Å². The van der Waals surface area contributed by atoms with E-state index >= 15 is 0 Å². The average Bonchev–Trinajstić information content (AvgIpc) is 2.95. The number of anilines is 2. The van der Waals surface area contributed by atoms with Gasteiger partial charge in [-0.05, 0) is 19.1 Å². The molecule has 3 aromatic rings. The molecule has 0 fully saturated rings. The summed E-state index contributed by atoms with van der Waals surface area (Å²) in [5.74, 6) is 0.797. The number of para-hydroxylation sites is 1. The maximum absolute atomic E-state index is 4.25. The third-order valence-electron chi connectivity index (χ3n) is 3.01. The minimum Gasteiger partial charge on any atom is -0.381 e. The monoisotopic (exact) mass is 268 g/mol. The van der Waals surface area contributed by atoms with Crippen LogP contribution in [0.4, 0.5) is 11.5 Å². The Hall–Kier alpha value is -2.63. The van der Waals surface area contributed by atoms with Crippen LogP contribution in [0.25, 0.3) is 11.0 Å². The molecular weight excluding hydrogens is 252 g/mol. The minimum atomic E-state index is 0.273. The molecule has 0 radical (unpaired) electrons. The second-order valence-electron chi connectivity index (χ2n) is 4.65. The molecule has 0 aliphatic carbocycles. The lowest BCUT2D eigenvalue weighted by Crippen LogP contribution is -2.25. The van der Waals surface area contributed by atoms with E-state index in [1.165, 1.54) is 6.33 Å². The fourth-order valence-electron chi connectivity index (χ4n) is 2.03. The number of aromatic nitrogens is 4. The van der Waals surface area contributed by atoms with Crippen LogP contribution in [-0.2, 0) is 0 Å². The molecule has 1 atom stereocenters. The van der Waals surface area contributed by atoms with Gasteiger partial charge in [0.15, 0.2) is 5.65 Å². The van der Waals surface area contributed by atoms with E-state index in [0.717, 1.165) is 29.1 Å². The molecular formula is C14H16N6. The van der Waals surface area contributed by atoms with Gasteiger partial charge in [-0.15, -0.1) is 0 Å². The van der Waals surface area contributed by atoms with Crippen LogP contribution in [0.3, 0.4) is 0 Å². The summed E-state index contributed by atoms with van der Waals surface area (Å²) in [5.41, 5.74) is 1.85. The summed E-state index contributed by atoms with van der Waals surface area (Å²) >= 11 is 0. The molecule has 0 bridgehead atoms. The number of hydrogen-bond acceptors (Lipinski definition) is 5. The normalized spacial score (nSPS) is 12.2. The van der Waals surface area contributed by atoms with Crippen LogP contribution in [0.1, 0.15) is 6.92 Å². The van der Waals surface area contributed by atoms with E-state index in [-0.39, 0.29) is 6.04 Å². The highest BCUT2D eigenvalue weighted by molar-refractivity contribution is 5.85. The average molecular weight is 268 g/mol. The Bertz CT molecular complexity index is 678. The summed E-state index contributed by atoms with van der Waals surface area (Å²) in [6, 6.07) is 10.4. The third kappa shape index (κ3) is 2.69. The lowest BCUT2D eigenvalue weighted by atomic mass is 10.2. The van der Waals surface area contributed by atoms with Crippen LogP contribution in [0.2, 0.25) is 0 Å². The van der Waals surface area contributed by atoms with Gasteiger partial charge in [-0.3, -0.25) is 5.10 Å². The predicted octanol–water partition coefficient (Wildman–Crippen LogP) is 2.27. The molecule has 3 N–H and O–H groups in total. The highest BCUT2D eigenvalue weighted by atomic mass is 15.2. The second-order valence-corrected chi connectivity index (χ2v) is 4.65. The van der Waals surface area contributed by atoms with Crippen molar-refractivity contribution >= 4 is 22.5 Å². The summed E-state index contributed by atoms with van der Waals surface area (Å²) in [6.07, 6.45) is 3.26. The fraction of sp³-hybridized carbons (Fsp3) is 0.214. The summed E-state index contributed by atoms with van der Waals surface area (Å²) in [5, 5.41) is 14.5. The van der Waals surface area contributed by atoms with Crippen LogP contribution in [0, 0.1) is 0 Å². The van der Waals surface area contributed by atoms with E-state index in [1.807, 2.05) is 18.2 Å². The first-order valence-electron chi connectivity index (χ1n) is 6.52. The van der Waals surface area contributed by atoms with Gasteiger partial charge in [0.1, 0.15) is 12.1 Å². The van der Waals surface area contributed by atoms with Crippen molar-refractivity contribution in [2.24, 2.45) is 0 Å². The summed E-state index contributed by atoms with van der Waals surface area (Å²) in [4.78, 5) is 8.36. The number of rotatable bonds is 5. The minimum absolute atomic E-state index is 0.273. The lowest BCUT2D eigenvalue weighted by molar-refractivity contribution is 0.832. The zero-order valence-corrected chi connectivity index (χ0v) is 11.2. The standard InChI is InChI=1S/C14H16N6/c1-10(19-11-5-3-2-4-6-11)7-15-13-12-8-18-20-14(12)17-9-16-13/h2-6,8-10,19H,7H2,1H3,(H2,15,16,17,18,20). The molecule has 6 heteroatoms. The first kappa shape index (κ1) is 12.4. The zero-order chi connectivity index (χ0) is 13.8. The molecule has 102 valence electrons. The topological polar surface area (TPSA) is 78.5 Å². The van der Waals surface area contributed by atoms with Crippen molar-refractivity contribution in [1.82, 2.24) is 20.2 Å². The first-order valence-corrected chi connectivity index (χ1v) is 6.52. The van der Waals surface area contributed by atoms with Gasteiger partial charge >= 0.3 is 0 Å². The molecule has 1 unspecified atom stereocenters. The van der Waals surface area contributed by atoms with Gasteiger partial charge in [0.05, 0.1) is 11.6 Å². The Kier molecular flexibility index (Phi) is 3.45. The number of nitrogens with one attached hydrogen (secondary N) is 3. The molecule has 0 spiro atoms. The van der Waals surface area contributed by atoms with Gasteiger partial charge < -0.3 is 10.6 Å². The molecule has 0 saturated carbocycles. The summed E-state index contributed by atoms with van der Waals surface area (Å²) in [6.45, 7) is 2.87. The fourth-order valence-corrected chi connectivity index (χ4v) is 2.03. The highest BCUT2D eigenvalue weighted by Gasteiger charge is 2.07. The molecule has 20 heavy (non-hydrogen) atoms. The summed E-state index contributed by atoms with van der Waals surface area (Å²) < 4.78 is 0. The Morgan fingerprint density at radius 3 is 2.90 bits per heavy atom. The Morgan fingerprint density at radius 2 is 2.05 bits per heavy atom. The Labute approximate surface area is 116 Å². The Morgan fingerprint density at radius 1 is 1.20 bits per heavy atom. The molecule has 3 rings (SSSR count). The van der Waals surface area contributed by atoms with Crippen molar-refractivity contribution in [3.8, 4) is 0 Å². The van der Waals surface area contributed by atoms with Crippen molar-refractivity contribution in [2.45, 2.75) is 13.0 Å². The van der Waals surface area contributed by atoms with E-state index in [4.69, 9.17) is 0 Å². The van der Waals surface area contributed by atoms with Gasteiger partial charge in [-0.1, -0.05) is 18.2 Å². The van der Waals surface area contributed by atoms with Crippen molar-refractivity contribution < 1.29 is 0 Å². The van der Waals surface area contributed by atoms with E-state index in [9.17, 15) is 0 Å². The number of H-pyrrole nitrogens is 1. The quantitative estimate of drug-likeness (QED) is 0.661. The van der Waals surface area contributed by atoms with Gasteiger partial charge in [-0.25, -0.2) is 9.97 Å². The van der Waals surface area contributed by atoms with Crippen molar-refractivity contribution in [2.75, 3.05) is 17.2 Å².